The lowest BCUT2D eigenvalue weighted by Crippen LogP contribution is -3.08. The number of benzene rings is 1. The predicted molar refractivity (Wildman–Crippen MR) is 70.3 cm³/mol. The zero-order valence-corrected chi connectivity index (χ0v) is 11.1. The molecule has 1 aromatic carbocycles. The number of hydrogen-bond donors (Lipinski definition) is 2. The Kier molecular flexibility index (Phi) is 5.83. The maximum atomic E-state index is 13.5. The third-order valence-electron chi connectivity index (χ3n) is 2.57. The summed E-state index contributed by atoms with van der Waals surface area (Å²) in [6.45, 7) is 1.06. The molecule has 1 aromatic rings. The Morgan fingerprint density at radius 2 is 2.32 bits per heavy atom. The molecule has 0 aliphatic heterocycles. The molecule has 4 nitrogen and oxygen atoms in total. The van der Waals surface area contributed by atoms with Crippen LogP contribution in [0, 0.1) is 18.2 Å². The number of carbonyl (C=O) groups is 1. The summed E-state index contributed by atoms with van der Waals surface area (Å²) in [5.74, 6) is 2.03. The van der Waals surface area contributed by atoms with Crippen molar-refractivity contribution in [2.24, 2.45) is 0 Å². The Hall–Kier alpha value is -2.06. The van der Waals surface area contributed by atoms with E-state index in [1.54, 1.807) is 12.1 Å². The molecule has 1 unspecified atom stereocenters. The second kappa shape index (κ2) is 7.39. The van der Waals surface area contributed by atoms with Crippen molar-refractivity contribution >= 4 is 5.91 Å². The first kappa shape index (κ1) is 15.0. The van der Waals surface area contributed by atoms with E-state index in [1.165, 1.54) is 13.2 Å². The standard InChI is InChI=1S/C14H17FN2O2/c1-4-7-16-14(18)10-17(2)9-11-5-6-13(19-3)12(15)8-11/h1,5-6,8H,7,9-10H2,2-3H3,(H,16,18)/p+1. The molecule has 0 fully saturated rings. The van der Waals surface area contributed by atoms with Crippen LogP contribution in [0.3, 0.4) is 0 Å². The highest BCUT2D eigenvalue weighted by molar-refractivity contribution is 5.77. The number of rotatable bonds is 6. The molecule has 0 heterocycles. The lowest BCUT2D eigenvalue weighted by atomic mass is 10.2. The van der Waals surface area contributed by atoms with Crippen molar-refractivity contribution in [3.8, 4) is 18.1 Å². The summed E-state index contributed by atoms with van der Waals surface area (Å²) in [6, 6.07) is 4.78. The van der Waals surface area contributed by atoms with E-state index in [9.17, 15) is 9.18 Å². The largest absolute Gasteiger partial charge is 0.494 e. The van der Waals surface area contributed by atoms with E-state index in [4.69, 9.17) is 11.2 Å². The molecular weight excluding hydrogens is 247 g/mol. The zero-order valence-electron chi connectivity index (χ0n) is 11.1. The van der Waals surface area contributed by atoms with Gasteiger partial charge in [-0.1, -0.05) is 5.92 Å². The van der Waals surface area contributed by atoms with Crippen LogP contribution in [-0.2, 0) is 11.3 Å². The van der Waals surface area contributed by atoms with Crippen LogP contribution in [0.25, 0.3) is 0 Å². The van der Waals surface area contributed by atoms with Gasteiger partial charge in [-0.2, -0.15) is 0 Å². The van der Waals surface area contributed by atoms with Gasteiger partial charge in [0.15, 0.2) is 18.1 Å². The second-order valence-corrected chi connectivity index (χ2v) is 4.26. The van der Waals surface area contributed by atoms with E-state index in [-0.39, 0.29) is 24.7 Å². The first-order valence-electron chi connectivity index (χ1n) is 5.90. The first-order valence-corrected chi connectivity index (χ1v) is 5.90. The molecule has 1 atom stereocenters. The number of likely N-dealkylation sites (N-methyl/N-ethyl adjacent to an activating group) is 1. The maximum Gasteiger partial charge on any atom is 0.275 e. The average molecular weight is 265 g/mol. The van der Waals surface area contributed by atoms with Crippen molar-refractivity contribution in [1.82, 2.24) is 5.32 Å². The predicted octanol–water partition coefficient (Wildman–Crippen LogP) is -0.402. The van der Waals surface area contributed by atoms with Crippen molar-refractivity contribution in [3.63, 3.8) is 0 Å². The Morgan fingerprint density at radius 3 is 2.89 bits per heavy atom. The van der Waals surface area contributed by atoms with E-state index < -0.39 is 5.82 Å². The summed E-state index contributed by atoms with van der Waals surface area (Å²) in [5.41, 5.74) is 0.806. The van der Waals surface area contributed by atoms with Crippen molar-refractivity contribution in [2.45, 2.75) is 6.54 Å². The minimum atomic E-state index is -0.399. The monoisotopic (exact) mass is 265 g/mol. The Labute approximate surface area is 112 Å². The van der Waals surface area contributed by atoms with Crippen LogP contribution in [0.4, 0.5) is 4.39 Å². The lowest BCUT2D eigenvalue weighted by Gasteiger charge is -2.13. The number of methoxy groups -OCH3 is 1. The maximum absolute atomic E-state index is 13.5. The molecule has 0 bridgehead atoms. The minimum Gasteiger partial charge on any atom is -0.494 e. The number of terminal acetylenes is 1. The number of halogens is 1. The third kappa shape index (κ3) is 4.98. The zero-order chi connectivity index (χ0) is 14.3. The van der Waals surface area contributed by atoms with Gasteiger partial charge in [0.1, 0.15) is 6.54 Å². The summed E-state index contributed by atoms with van der Waals surface area (Å²) in [7, 11) is 3.28. The molecule has 0 saturated carbocycles. The molecule has 0 spiro atoms. The quantitative estimate of drug-likeness (QED) is 0.687. The number of amides is 1. The van der Waals surface area contributed by atoms with Crippen LogP contribution in [0.1, 0.15) is 5.56 Å². The van der Waals surface area contributed by atoms with Gasteiger partial charge in [-0.05, 0) is 18.2 Å². The summed E-state index contributed by atoms with van der Waals surface area (Å²) >= 11 is 0. The molecule has 5 heteroatoms. The summed E-state index contributed by atoms with van der Waals surface area (Å²) in [4.78, 5) is 12.4. The van der Waals surface area contributed by atoms with Gasteiger partial charge in [-0.15, -0.1) is 6.42 Å². The molecule has 1 amide bonds. The van der Waals surface area contributed by atoms with Gasteiger partial charge >= 0.3 is 0 Å². The number of quaternary nitrogens is 1. The summed E-state index contributed by atoms with van der Waals surface area (Å²) in [5, 5.41) is 2.59. The van der Waals surface area contributed by atoms with Gasteiger partial charge in [0.05, 0.1) is 20.7 Å². The molecule has 0 aliphatic carbocycles. The Balaban J connectivity index is 2.53. The van der Waals surface area contributed by atoms with E-state index in [2.05, 4.69) is 11.2 Å². The van der Waals surface area contributed by atoms with Gasteiger partial charge in [0.2, 0.25) is 0 Å². The van der Waals surface area contributed by atoms with Crippen LogP contribution in [0.15, 0.2) is 18.2 Å². The Morgan fingerprint density at radius 1 is 1.58 bits per heavy atom. The lowest BCUT2D eigenvalue weighted by molar-refractivity contribution is -0.885. The molecule has 19 heavy (non-hydrogen) atoms. The highest BCUT2D eigenvalue weighted by Gasteiger charge is 2.11. The van der Waals surface area contributed by atoms with E-state index in [1.807, 2.05) is 7.05 Å². The minimum absolute atomic E-state index is 0.121. The number of ether oxygens (including phenoxy) is 1. The van der Waals surface area contributed by atoms with Crippen molar-refractivity contribution < 1.29 is 18.8 Å². The molecule has 0 aliphatic rings. The van der Waals surface area contributed by atoms with Gasteiger partial charge in [0, 0.05) is 5.56 Å². The second-order valence-electron chi connectivity index (χ2n) is 4.26. The van der Waals surface area contributed by atoms with Crippen molar-refractivity contribution in [1.29, 1.82) is 0 Å². The molecule has 2 N–H and O–H groups in total. The first-order chi connectivity index (χ1) is 9.06. The van der Waals surface area contributed by atoms with Crippen molar-refractivity contribution in [2.75, 3.05) is 27.2 Å². The van der Waals surface area contributed by atoms with Crippen molar-refractivity contribution in [3.05, 3.63) is 29.6 Å². The molecule has 0 aromatic heterocycles. The fourth-order valence-corrected chi connectivity index (χ4v) is 1.72. The number of nitrogens with one attached hydrogen (secondary N) is 2. The van der Waals surface area contributed by atoms with Gasteiger partial charge in [-0.25, -0.2) is 4.39 Å². The fraction of sp³-hybridized carbons (Fsp3) is 0.357. The summed E-state index contributed by atoms with van der Waals surface area (Å²) < 4.78 is 18.3. The molecule has 0 saturated heterocycles. The molecular formula is C14H18FN2O2+. The average Bonchev–Trinajstić information content (AvgIpc) is 2.36. The van der Waals surface area contributed by atoms with Crippen LogP contribution >= 0.6 is 0 Å². The SMILES string of the molecule is C#CCNC(=O)C[NH+](C)Cc1ccc(OC)c(F)c1. The van der Waals surface area contributed by atoms with Gasteiger partial charge in [0.25, 0.3) is 5.91 Å². The number of hydrogen-bond acceptors (Lipinski definition) is 2. The highest BCUT2D eigenvalue weighted by Crippen LogP contribution is 2.16. The van der Waals surface area contributed by atoms with Crippen LogP contribution in [0.5, 0.6) is 5.75 Å². The van der Waals surface area contributed by atoms with E-state index in [0.29, 0.717) is 6.54 Å². The molecule has 1 rings (SSSR count). The third-order valence-corrected chi connectivity index (χ3v) is 2.57. The molecule has 0 radical (unpaired) electrons. The highest BCUT2D eigenvalue weighted by atomic mass is 19.1. The topological polar surface area (TPSA) is 42.8 Å². The van der Waals surface area contributed by atoms with Crippen LogP contribution in [-0.4, -0.2) is 33.2 Å². The number of carbonyl (C=O) groups excluding carboxylic acids is 1. The van der Waals surface area contributed by atoms with Gasteiger partial charge in [-0.3, -0.25) is 4.79 Å². The fourth-order valence-electron chi connectivity index (χ4n) is 1.72. The molecule has 102 valence electrons. The van der Waals surface area contributed by atoms with E-state index >= 15 is 0 Å². The van der Waals surface area contributed by atoms with Crippen LogP contribution in [0.2, 0.25) is 0 Å². The normalized spacial score (nSPS) is 11.5. The van der Waals surface area contributed by atoms with E-state index in [0.717, 1.165) is 10.5 Å². The van der Waals surface area contributed by atoms with Crippen LogP contribution < -0.4 is 15.0 Å². The van der Waals surface area contributed by atoms with Gasteiger partial charge < -0.3 is 15.0 Å². The smallest absolute Gasteiger partial charge is 0.275 e. The Bertz CT molecular complexity index is 483. The summed E-state index contributed by atoms with van der Waals surface area (Å²) in [6.07, 6.45) is 5.05.